The number of hydrogen-bond donors (Lipinski definition) is 2. The second-order valence-electron chi connectivity index (χ2n) is 4.57. The lowest BCUT2D eigenvalue weighted by molar-refractivity contribution is 0.270. The molecule has 1 atom stereocenters. The lowest BCUT2D eigenvalue weighted by Gasteiger charge is -2.17. The van der Waals surface area contributed by atoms with E-state index >= 15 is 0 Å². The topological polar surface area (TPSA) is 41.5 Å². The Morgan fingerprint density at radius 3 is 2.61 bits per heavy atom. The van der Waals surface area contributed by atoms with E-state index in [9.17, 15) is 0 Å². The molecule has 0 aliphatic rings. The van der Waals surface area contributed by atoms with Crippen LogP contribution in [-0.4, -0.2) is 29.5 Å². The molecule has 1 aromatic carbocycles. The van der Waals surface area contributed by atoms with Gasteiger partial charge in [-0.15, -0.1) is 0 Å². The van der Waals surface area contributed by atoms with E-state index < -0.39 is 0 Å². The van der Waals surface area contributed by atoms with E-state index in [2.05, 4.69) is 38.2 Å². The predicted molar refractivity (Wildman–Crippen MR) is 78.6 cm³/mol. The Kier molecular flexibility index (Phi) is 7.16. The Morgan fingerprint density at radius 2 is 2.00 bits per heavy atom. The summed E-state index contributed by atoms with van der Waals surface area (Å²) in [6.07, 6.45) is 0.967. The van der Waals surface area contributed by atoms with Crippen LogP contribution in [0.15, 0.2) is 18.2 Å². The van der Waals surface area contributed by atoms with Crippen LogP contribution in [-0.2, 0) is 0 Å². The lowest BCUT2D eigenvalue weighted by Crippen LogP contribution is -2.32. The van der Waals surface area contributed by atoms with Crippen molar-refractivity contribution < 1.29 is 9.29 Å². The summed E-state index contributed by atoms with van der Waals surface area (Å²) in [6.45, 7) is 7.82. The first-order chi connectivity index (χ1) is 8.65. The van der Waals surface area contributed by atoms with Gasteiger partial charge in [-0.1, -0.05) is 18.2 Å². The maximum Gasteiger partial charge on any atom is 0.125 e. The molecule has 2 N–H and O–H groups in total. The van der Waals surface area contributed by atoms with Crippen molar-refractivity contribution in [2.75, 3.05) is 18.9 Å². The predicted octanol–water partition coefficient (Wildman–Crippen LogP) is 3.26. The standard InChI is InChI=1S/C14H23NO2S/c1-11-6-4-7-12(2)14(11)17-10-13(3)15-8-5-9-18-16/h4,6-7,13,15-16H,5,8-10H2,1-3H3. The van der Waals surface area contributed by atoms with E-state index in [0.29, 0.717) is 12.6 Å². The Balaban J connectivity index is 2.31. The molecule has 1 unspecified atom stereocenters. The zero-order chi connectivity index (χ0) is 13.4. The van der Waals surface area contributed by atoms with Gasteiger partial charge in [-0.25, -0.2) is 0 Å². The van der Waals surface area contributed by atoms with E-state index in [1.165, 1.54) is 11.1 Å². The van der Waals surface area contributed by atoms with E-state index in [1.807, 2.05) is 6.07 Å². The van der Waals surface area contributed by atoms with Gasteiger partial charge < -0.3 is 14.6 Å². The van der Waals surface area contributed by atoms with Crippen LogP contribution in [0.5, 0.6) is 5.75 Å². The van der Waals surface area contributed by atoms with Crippen molar-refractivity contribution in [1.29, 1.82) is 0 Å². The fourth-order valence-corrected chi connectivity index (χ4v) is 2.05. The van der Waals surface area contributed by atoms with Gasteiger partial charge in [0.05, 0.1) is 0 Å². The highest BCUT2D eigenvalue weighted by Crippen LogP contribution is 2.22. The van der Waals surface area contributed by atoms with Crippen molar-refractivity contribution in [2.24, 2.45) is 0 Å². The molecule has 4 heteroatoms. The molecule has 1 aromatic rings. The molecular formula is C14H23NO2S. The van der Waals surface area contributed by atoms with Gasteiger partial charge in [-0.2, -0.15) is 0 Å². The molecule has 1 rings (SSSR count). The second kappa shape index (κ2) is 8.40. The molecule has 0 spiro atoms. The molecule has 0 saturated carbocycles. The summed E-state index contributed by atoms with van der Waals surface area (Å²) in [5.74, 6) is 1.77. The zero-order valence-electron chi connectivity index (χ0n) is 11.4. The van der Waals surface area contributed by atoms with Gasteiger partial charge in [0.25, 0.3) is 0 Å². The number of aryl methyl sites for hydroxylation is 2. The first-order valence-electron chi connectivity index (χ1n) is 6.34. The third-order valence-electron chi connectivity index (χ3n) is 2.79. The number of rotatable bonds is 8. The molecule has 0 aliphatic heterocycles. The van der Waals surface area contributed by atoms with E-state index in [4.69, 9.17) is 9.29 Å². The summed E-state index contributed by atoms with van der Waals surface area (Å²) in [5, 5.41) is 3.38. The largest absolute Gasteiger partial charge is 0.491 e. The smallest absolute Gasteiger partial charge is 0.125 e. The van der Waals surface area contributed by atoms with E-state index in [-0.39, 0.29) is 0 Å². The van der Waals surface area contributed by atoms with Crippen molar-refractivity contribution in [3.05, 3.63) is 29.3 Å². The molecule has 0 bridgehead atoms. The number of hydrogen-bond acceptors (Lipinski definition) is 4. The van der Waals surface area contributed by atoms with Gasteiger partial charge >= 0.3 is 0 Å². The summed E-state index contributed by atoms with van der Waals surface area (Å²) >= 11 is 0.896. The summed E-state index contributed by atoms with van der Waals surface area (Å²) in [7, 11) is 0. The molecule has 0 saturated heterocycles. The average Bonchev–Trinajstić information content (AvgIpc) is 2.34. The second-order valence-corrected chi connectivity index (χ2v) is 5.24. The third-order valence-corrected chi connectivity index (χ3v) is 3.26. The molecule has 0 amide bonds. The number of ether oxygens (including phenoxy) is 1. The van der Waals surface area contributed by atoms with E-state index in [0.717, 1.165) is 36.5 Å². The summed E-state index contributed by atoms with van der Waals surface area (Å²) in [5.41, 5.74) is 2.36. The Morgan fingerprint density at radius 1 is 1.33 bits per heavy atom. The monoisotopic (exact) mass is 269 g/mol. The van der Waals surface area contributed by atoms with Gasteiger partial charge in [0, 0.05) is 11.8 Å². The van der Waals surface area contributed by atoms with Crippen molar-refractivity contribution in [2.45, 2.75) is 33.2 Å². The van der Waals surface area contributed by atoms with Crippen LogP contribution in [0.25, 0.3) is 0 Å². The molecule has 0 aliphatic carbocycles. The highest BCUT2D eigenvalue weighted by Gasteiger charge is 2.06. The Labute approximate surface area is 114 Å². The number of para-hydroxylation sites is 1. The zero-order valence-corrected chi connectivity index (χ0v) is 12.2. The molecule has 0 aromatic heterocycles. The highest BCUT2D eigenvalue weighted by atomic mass is 32.2. The Hall–Kier alpha value is -0.710. The highest BCUT2D eigenvalue weighted by molar-refractivity contribution is 7.93. The first-order valence-corrected chi connectivity index (χ1v) is 7.28. The van der Waals surface area contributed by atoms with Crippen LogP contribution in [0.1, 0.15) is 24.5 Å². The van der Waals surface area contributed by atoms with Crippen molar-refractivity contribution >= 4 is 12.0 Å². The molecule has 102 valence electrons. The van der Waals surface area contributed by atoms with Gasteiger partial charge in [-0.3, -0.25) is 0 Å². The van der Waals surface area contributed by atoms with Crippen LogP contribution in [0.3, 0.4) is 0 Å². The molecule has 0 radical (unpaired) electrons. The normalized spacial score (nSPS) is 12.4. The van der Waals surface area contributed by atoms with Gasteiger partial charge in [0.2, 0.25) is 0 Å². The van der Waals surface area contributed by atoms with Crippen molar-refractivity contribution in [3.63, 3.8) is 0 Å². The van der Waals surface area contributed by atoms with Crippen molar-refractivity contribution in [3.8, 4) is 5.75 Å². The minimum atomic E-state index is 0.313. The van der Waals surface area contributed by atoms with Crippen LogP contribution in [0, 0.1) is 13.8 Å². The molecule has 3 nitrogen and oxygen atoms in total. The number of nitrogens with one attached hydrogen (secondary N) is 1. The molecule has 0 heterocycles. The average molecular weight is 269 g/mol. The fraction of sp³-hybridized carbons (Fsp3) is 0.571. The van der Waals surface area contributed by atoms with Crippen LogP contribution < -0.4 is 10.1 Å². The quantitative estimate of drug-likeness (QED) is 0.561. The maximum absolute atomic E-state index is 8.61. The summed E-state index contributed by atoms with van der Waals surface area (Å²) in [6, 6.07) is 6.50. The lowest BCUT2D eigenvalue weighted by atomic mass is 10.1. The first kappa shape index (κ1) is 15.3. The third kappa shape index (κ3) is 5.29. The van der Waals surface area contributed by atoms with Gasteiger partial charge in [-0.05, 0) is 56.9 Å². The van der Waals surface area contributed by atoms with Gasteiger partial charge in [0.1, 0.15) is 12.4 Å². The van der Waals surface area contributed by atoms with Gasteiger partial charge in [0.15, 0.2) is 0 Å². The maximum atomic E-state index is 8.61. The van der Waals surface area contributed by atoms with Crippen molar-refractivity contribution in [1.82, 2.24) is 5.32 Å². The van der Waals surface area contributed by atoms with Crippen LogP contribution >= 0.6 is 12.0 Å². The number of benzene rings is 1. The minimum absolute atomic E-state index is 0.313. The molecule has 18 heavy (non-hydrogen) atoms. The van der Waals surface area contributed by atoms with Crippen LogP contribution in [0.2, 0.25) is 0 Å². The van der Waals surface area contributed by atoms with E-state index in [1.54, 1.807) is 0 Å². The Bertz CT molecular complexity index is 337. The van der Waals surface area contributed by atoms with Crippen LogP contribution in [0.4, 0.5) is 0 Å². The molecule has 0 fully saturated rings. The summed E-state index contributed by atoms with van der Waals surface area (Å²) in [4.78, 5) is 0. The molecular weight excluding hydrogens is 246 g/mol. The fourth-order valence-electron chi connectivity index (χ4n) is 1.78. The minimum Gasteiger partial charge on any atom is -0.491 e. The SMILES string of the molecule is Cc1cccc(C)c1OCC(C)NCCCSO. The summed E-state index contributed by atoms with van der Waals surface area (Å²) < 4.78 is 14.5.